The maximum absolute atomic E-state index is 11.3. The zero-order chi connectivity index (χ0) is 16.1. The monoisotopic (exact) mass is 320 g/mol. The first kappa shape index (κ1) is 20.3. The third-order valence-electron chi connectivity index (χ3n) is 3.26. The molecule has 0 fully saturated rings. The van der Waals surface area contributed by atoms with Crippen molar-refractivity contribution in [3.63, 3.8) is 0 Å². The van der Waals surface area contributed by atoms with Gasteiger partial charge >= 0.3 is 10.4 Å². The molecule has 0 aromatic rings. The first-order valence-electron chi connectivity index (χ1n) is 7.63. The van der Waals surface area contributed by atoms with Crippen LogP contribution in [0.4, 0.5) is 0 Å². The predicted molar refractivity (Wildman–Crippen MR) is 83.5 cm³/mol. The summed E-state index contributed by atoms with van der Waals surface area (Å²) in [4.78, 5) is 11.3. The molecule has 124 valence electrons. The number of hydrogen-bond donors (Lipinski definition) is 1. The molecule has 0 bridgehead atoms. The van der Waals surface area contributed by atoms with E-state index in [1.807, 2.05) is 0 Å². The van der Waals surface area contributed by atoms with Gasteiger partial charge in [0.1, 0.15) is 0 Å². The molecule has 0 unspecified atom stereocenters. The predicted octanol–water partition coefficient (Wildman–Crippen LogP) is 3.85. The molecule has 0 radical (unpaired) electrons. The molecule has 0 aromatic heterocycles. The average molecular weight is 320 g/mol. The standard InChI is InChI=1S/C15H28O5S/c1-14(2)15(16)12-10-8-6-4-3-5-7-9-11-13-20-21(17,18)19/h1,3-13H2,2H3,(H,17,18,19). The number of allylic oxidation sites excluding steroid dienone is 1. The maximum Gasteiger partial charge on any atom is 0.397 e. The molecule has 0 rings (SSSR count). The van der Waals surface area contributed by atoms with Gasteiger partial charge in [0.25, 0.3) is 0 Å². The molecule has 0 amide bonds. The minimum Gasteiger partial charge on any atom is -0.295 e. The fourth-order valence-corrected chi connectivity index (χ4v) is 2.33. The number of hydrogen-bond acceptors (Lipinski definition) is 4. The van der Waals surface area contributed by atoms with Gasteiger partial charge < -0.3 is 0 Å². The number of rotatable bonds is 14. The summed E-state index contributed by atoms with van der Waals surface area (Å²) in [6.45, 7) is 5.44. The molecule has 6 heteroatoms. The van der Waals surface area contributed by atoms with Crippen LogP contribution in [-0.4, -0.2) is 25.4 Å². The normalized spacial score (nSPS) is 11.5. The molecule has 0 saturated carbocycles. The molecule has 0 aromatic carbocycles. The molecule has 21 heavy (non-hydrogen) atoms. The number of unbranched alkanes of at least 4 members (excludes halogenated alkanes) is 8. The summed E-state index contributed by atoms with van der Waals surface area (Å²) < 4.78 is 33.1. The summed E-state index contributed by atoms with van der Waals surface area (Å²) in [6.07, 6.45) is 9.83. The van der Waals surface area contributed by atoms with Crippen molar-refractivity contribution < 1.29 is 21.9 Å². The van der Waals surface area contributed by atoms with E-state index in [9.17, 15) is 13.2 Å². The van der Waals surface area contributed by atoms with E-state index in [-0.39, 0.29) is 12.4 Å². The van der Waals surface area contributed by atoms with Gasteiger partial charge in [0.05, 0.1) is 6.61 Å². The van der Waals surface area contributed by atoms with Gasteiger partial charge in [-0.05, 0) is 25.3 Å². The van der Waals surface area contributed by atoms with Crippen molar-refractivity contribution in [3.8, 4) is 0 Å². The van der Waals surface area contributed by atoms with Gasteiger partial charge in [-0.1, -0.05) is 51.5 Å². The van der Waals surface area contributed by atoms with Gasteiger partial charge in [0, 0.05) is 6.42 Å². The van der Waals surface area contributed by atoms with Crippen molar-refractivity contribution in [1.29, 1.82) is 0 Å². The average Bonchev–Trinajstić information content (AvgIpc) is 2.38. The van der Waals surface area contributed by atoms with Gasteiger partial charge in [-0.15, -0.1) is 0 Å². The van der Waals surface area contributed by atoms with Crippen molar-refractivity contribution >= 4 is 16.2 Å². The van der Waals surface area contributed by atoms with Crippen LogP contribution in [-0.2, 0) is 19.4 Å². The molecule has 0 aliphatic carbocycles. The van der Waals surface area contributed by atoms with Crippen LogP contribution in [0, 0.1) is 0 Å². The fourth-order valence-electron chi connectivity index (χ4n) is 2.00. The lowest BCUT2D eigenvalue weighted by Gasteiger charge is -2.03. The van der Waals surface area contributed by atoms with E-state index in [0.29, 0.717) is 18.4 Å². The summed E-state index contributed by atoms with van der Waals surface area (Å²) in [6, 6.07) is 0. The van der Waals surface area contributed by atoms with Gasteiger partial charge in [-0.25, -0.2) is 4.18 Å². The number of carbonyl (C=O) groups is 1. The lowest BCUT2D eigenvalue weighted by Crippen LogP contribution is -2.04. The first-order valence-corrected chi connectivity index (χ1v) is 9.00. The van der Waals surface area contributed by atoms with Crippen molar-refractivity contribution in [1.82, 2.24) is 0 Å². The largest absolute Gasteiger partial charge is 0.397 e. The highest BCUT2D eigenvalue weighted by Crippen LogP contribution is 2.11. The van der Waals surface area contributed by atoms with E-state index < -0.39 is 10.4 Å². The number of Topliss-reactive ketones (excluding diaryl/α,β-unsaturated/α-hetero) is 1. The highest BCUT2D eigenvalue weighted by atomic mass is 32.3. The van der Waals surface area contributed by atoms with Crippen molar-refractivity contribution in [2.75, 3.05) is 6.61 Å². The van der Waals surface area contributed by atoms with Crippen LogP contribution >= 0.6 is 0 Å². The Balaban J connectivity index is 3.19. The van der Waals surface area contributed by atoms with Crippen LogP contribution in [0.3, 0.4) is 0 Å². The second-order valence-corrected chi connectivity index (χ2v) is 6.48. The van der Waals surface area contributed by atoms with Crippen LogP contribution in [0.25, 0.3) is 0 Å². The van der Waals surface area contributed by atoms with Crippen molar-refractivity contribution in [3.05, 3.63) is 12.2 Å². The smallest absolute Gasteiger partial charge is 0.295 e. The van der Waals surface area contributed by atoms with Crippen LogP contribution < -0.4 is 0 Å². The summed E-state index contributed by atoms with van der Waals surface area (Å²) in [5.41, 5.74) is 0.646. The first-order chi connectivity index (χ1) is 9.83. The zero-order valence-corrected chi connectivity index (χ0v) is 13.8. The minimum absolute atomic E-state index is 0.0512. The molecular formula is C15H28O5S. The SMILES string of the molecule is C=C(C)C(=O)CCCCCCCCCCCOS(=O)(=O)O. The quantitative estimate of drug-likeness (QED) is 0.299. The zero-order valence-electron chi connectivity index (χ0n) is 13.0. The van der Waals surface area contributed by atoms with E-state index in [1.165, 1.54) is 6.42 Å². The molecule has 5 nitrogen and oxygen atoms in total. The Morgan fingerprint density at radius 1 is 0.952 bits per heavy atom. The van der Waals surface area contributed by atoms with Crippen molar-refractivity contribution in [2.45, 2.75) is 71.1 Å². The Bertz CT molecular complexity index is 400. The third kappa shape index (κ3) is 15.5. The molecule has 0 aliphatic heterocycles. The molecule has 1 N–H and O–H groups in total. The van der Waals surface area contributed by atoms with Crippen molar-refractivity contribution in [2.24, 2.45) is 0 Å². The maximum atomic E-state index is 11.3. The van der Waals surface area contributed by atoms with Crippen LogP contribution in [0.2, 0.25) is 0 Å². The Labute approximate surface area is 128 Å². The topological polar surface area (TPSA) is 80.7 Å². The minimum atomic E-state index is -4.28. The molecule has 0 heterocycles. The summed E-state index contributed by atoms with van der Waals surface area (Å²) >= 11 is 0. The van der Waals surface area contributed by atoms with E-state index in [1.54, 1.807) is 6.92 Å². The van der Waals surface area contributed by atoms with Gasteiger partial charge in [0.15, 0.2) is 5.78 Å². The van der Waals surface area contributed by atoms with E-state index in [4.69, 9.17) is 4.55 Å². The van der Waals surface area contributed by atoms with Crippen LogP contribution in [0.5, 0.6) is 0 Å². The fraction of sp³-hybridized carbons (Fsp3) is 0.800. The van der Waals surface area contributed by atoms with E-state index in [0.717, 1.165) is 44.9 Å². The van der Waals surface area contributed by atoms with Gasteiger partial charge in [0.2, 0.25) is 0 Å². The van der Waals surface area contributed by atoms with Gasteiger partial charge in [-0.3, -0.25) is 9.35 Å². The van der Waals surface area contributed by atoms with E-state index in [2.05, 4.69) is 10.8 Å². The molecule has 0 spiro atoms. The number of ketones is 1. The number of carbonyl (C=O) groups excluding carboxylic acids is 1. The Hall–Kier alpha value is -0.720. The Morgan fingerprint density at radius 2 is 1.38 bits per heavy atom. The lowest BCUT2D eigenvalue weighted by atomic mass is 10.0. The molecule has 0 atom stereocenters. The second kappa shape index (κ2) is 11.9. The van der Waals surface area contributed by atoms with Crippen LogP contribution in [0.15, 0.2) is 12.2 Å². The molecule has 0 aliphatic rings. The van der Waals surface area contributed by atoms with Crippen LogP contribution in [0.1, 0.15) is 71.1 Å². The summed E-state index contributed by atoms with van der Waals surface area (Å²) in [7, 11) is -4.28. The molecule has 0 saturated heterocycles. The third-order valence-corrected chi connectivity index (χ3v) is 3.72. The lowest BCUT2D eigenvalue weighted by molar-refractivity contribution is -0.115. The second-order valence-electron chi connectivity index (χ2n) is 5.39. The van der Waals surface area contributed by atoms with Gasteiger partial charge in [-0.2, -0.15) is 8.42 Å². The van der Waals surface area contributed by atoms with E-state index >= 15 is 0 Å². The highest BCUT2D eigenvalue weighted by molar-refractivity contribution is 7.80. The highest BCUT2D eigenvalue weighted by Gasteiger charge is 2.03. The molecular weight excluding hydrogens is 292 g/mol. The summed E-state index contributed by atoms with van der Waals surface area (Å²) in [5, 5.41) is 0. The Morgan fingerprint density at radius 3 is 1.81 bits per heavy atom. The Kier molecular flexibility index (Phi) is 11.5. The summed E-state index contributed by atoms with van der Waals surface area (Å²) in [5.74, 6) is 0.169.